The van der Waals surface area contributed by atoms with Crippen molar-refractivity contribution in [2.45, 2.75) is 25.8 Å². The van der Waals surface area contributed by atoms with Crippen LogP contribution in [0.2, 0.25) is 0 Å². The normalized spacial score (nSPS) is 20.6. The lowest BCUT2D eigenvalue weighted by Gasteiger charge is -2.22. The average molecular weight is 232 g/mol. The second-order valence-corrected chi connectivity index (χ2v) is 4.50. The predicted octanol–water partition coefficient (Wildman–Crippen LogP) is 1.63. The first kappa shape index (κ1) is 10.5. The Hall–Kier alpha value is -1.62. The third-order valence-corrected chi connectivity index (χ3v) is 2.97. The topological polar surface area (TPSA) is 51.5 Å². The molecule has 5 nitrogen and oxygen atoms in total. The summed E-state index contributed by atoms with van der Waals surface area (Å²) in [6, 6.07) is 4.35. The molecule has 0 saturated carbocycles. The van der Waals surface area contributed by atoms with E-state index in [9.17, 15) is 0 Å². The summed E-state index contributed by atoms with van der Waals surface area (Å²) in [5.41, 5.74) is 2.05. The molecule has 2 aromatic rings. The highest BCUT2D eigenvalue weighted by Gasteiger charge is 2.15. The second-order valence-electron chi connectivity index (χ2n) is 4.50. The summed E-state index contributed by atoms with van der Waals surface area (Å²) in [6.07, 6.45) is 4.20. The van der Waals surface area contributed by atoms with E-state index in [4.69, 9.17) is 4.74 Å². The van der Waals surface area contributed by atoms with E-state index in [2.05, 4.69) is 15.4 Å². The summed E-state index contributed by atoms with van der Waals surface area (Å²) >= 11 is 0. The molecule has 0 aromatic carbocycles. The van der Waals surface area contributed by atoms with Crippen LogP contribution in [0.4, 0.5) is 5.95 Å². The number of hydrogen-bond donors (Lipinski definition) is 1. The van der Waals surface area contributed by atoms with Crippen LogP contribution in [0, 0.1) is 6.92 Å². The summed E-state index contributed by atoms with van der Waals surface area (Å²) in [5, 5.41) is 7.73. The molecule has 1 aliphatic heterocycles. The Bertz CT molecular complexity index is 516. The first-order valence-electron chi connectivity index (χ1n) is 5.98. The Morgan fingerprint density at radius 3 is 3.24 bits per heavy atom. The number of rotatable bonds is 2. The van der Waals surface area contributed by atoms with E-state index in [1.165, 1.54) is 5.56 Å². The van der Waals surface area contributed by atoms with Gasteiger partial charge in [0.2, 0.25) is 5.95 Å². The first-order valence-corrected chi connectivity index (χ1v) is 5.98. The van der Waals surface area contributed by atoms with Gasteiger partial charge in [-0.2, -0.15) is 4.98 Å². The van der Waals surface area contributed by atoms with Gasteiger partial charge in [0.05, 0.1) is 12.6 Å². The Kier molecular flexibility index (Phi) is 2.68. The maximum atomic E-state index is 5.42. The fourth-order valence-corrected chi connectivity index (χ4v) is 2.08. The smallest absolute Gasteiger partial charge is 0.243 e. The molecule has 1 aliphatic rings. The van der Waals surface area contributed by atoms with Gasteiger partial charge in [0.1, 0.15) is 0 Å². The Morgan fingerprint density at radius 2 is 2.41 bits per heavy atom. The van der Waals surface area contributed by atoms with Crippen LogP contribution in [-0.2, 0) is 4.74 Å². The average Bonchev–Trinajstić information content (AvgIpc) is 2.71. The first-order chi connectivity index (χ1) is 8.31. The fourth-order valence-electron chi connectivity index (χ4n) is 2.08. The number of aryl methyl sites for hydroxylation is 1. The molecule has 1 atom stereocenters. The molecule has 1 saturated heterocycles. The van der Waals surface area contributed by atoms with E-state index in [-0.39, 0.29) is 0 Å². The summed E-state index contributed by atoms with van der Waals surface area (Å²) in [7, 11) is 0. The zero-order valence-corrected chi connectivity index (χ0v) is 9.89. The molecule has 0 radical (unpaired) electrons. The Morgan fingerprint density at radius 1 is 1.47 bits per heavy atom. The van der Waals surface area contributed by atoms with Gasteiger partial charge in [0.25, 0.3) is 0 Å². The van der Waals surface area contributed by atoms with Crippen molar-refractivity contribution in [1.82, 2.24) is 14.6 Å². The van der Waals surface area contributed by atoms with E-state index in [1.54, 1.807) is 4.52 Å². The monoisotopic (exact) mass is 232 g/mol. The van der Waals surface area contributed by atoms with Gasteiger partial charge in [-0.05, 0) is 31.4 Å². The number of anilines is 1. The predicted molar refractivity (Wildman–Crippen MR) is 65.2 cm³/mol. The van der Waals surface area contributed by atoms with E-state index < -0.39 is 0 Å². The molecule has 0 spiro atoms. The van der Waals surface area contributed by atoms with Gasteiger partial charge in [-0.15, -0.1) is 5.10 Å². The molecule has 17 heavy (non-hydrogen) atoms. The number of aromatic nitrogens is 3. The number of hydrogen-bond acceptors (Lipinski definition) is 4. The van der Waals surface area contributed by atoms with Crippen LogP contribution in [-0.4, -0.2) is 33.9 Å². The van der Waals surface area contributed by atoms with Crippen LogP contribution in [0.25, 0.3) is 5.65 Å². The highest BCUT2D eigenvalue weighted by atomic mass is 16.5. The van der Waals surface area contributed by atoms with Crippen molar-refractivity contribution in [1.29, 1.82) is 0 Å². The maximum Gasteiger partial charge on any atom is 0.243 e. The van der Waals surface area contributed by atoms with Crippen molar-refractivity contribution in [2.24, 2.45) is 0 Å². The summed E-state index contributed by atoms with van der Waals surface area (Å²) < 4.78 is 7.23. The molecular formula is C12H16N4O. The van der Waals surface area contributed by atoms with Crippen molar-refractivity contribution in [3.8, 4) is 0 Å². The van der Waals surface area contributed by atoms with Crippen LogP contribution in [0.5, 0.6) is 0 Å². The number of ether oxygens (including phenoxy) is 1. The van der Waals surface area contributed by atoms with Gasteiger partial charge >= 0.3 is 0 Å². The maximum absolute atomic E-state index is 5.42. The lowest BCUT2D eigenvalue weighted by atomic mass is 10.1. The van der Waals surface area contributed by atoms with Gasteiger partial charge in [-0.3, -0.25) is 0 Å². The zero-order chi connectivity index (χ0) is 11.7. The lowest BCUT2D eigenvalue weighted by Crippen LogP contribution is -2.30. The van der Waals surface area contributed by atoms with Crippen LogP contribution >= 0.6 is 0 Å². The van der Waals surface area contributed by atoms with Gasteiger partial charge in [0, 0.05) is 12.8 Å². The number of fused-ring (bicyclic) bond motifs is 1. The molecule has 1 fully saturated rings. The Balaban J connectivity index is 1.80. The Labute approximate surface area is 99.8 Å². The zero-order valence-electron chi connectivity index (χ0n) is 9.89. The molecule has 0 amide bonds. The quantitative estimate of drug-likeness (QED) is 0.855. The molecule has 3 heterocycles. The van der Waals surface area contributed by atoms with E-state index in [0.29, 0.717) is 12.0 Å². The molecule has 0 aliphatic carbocycles. The molecule has 3 rings (SSSR count). The number of pyridine rings is 1. The van der Waals surface area contributed by atoms with Crippen molar-refractivity contribution in [3.63, 3.8) is 0 Å². The van der Waals surface area contributed by atoms with Gasteiger partial charge in [0.15, 0.2) is 5.65 Å². The van der Waals surface area contributed by atoms with Gasteiger partial charge in [-0.25, -0.2) is 4.52 Å². The minimum Gasteiger partial charge on any atom is -0.379 e. The highest BCUT2D eigenvalue weighted by molar-refractivity contribution is 5.44. The molecule has 90 valence electrons. The van der Waals surface area contributed by atoms with Crippen molar-refractivity contribution < 1.29 is 4.74 Å². The third-order valence-electron chi connectivity index (χ3n) is 2.97. The van der Waals surface area contributed by atoms with Crippen LogP contribution in [0.1, 0.15) is 18.4 Å². The molecule has 1 unspecified atom stereocenters. The molecular weight excluding hydrogens is 216 g/mol. The van der Waals surface area contributed by atoms with Crippen LogP contribution < -0.4 is 5.32 Å². The second kappa shape index (κ2) is 4.33. The molecule has 1 N–H and O–H groups in total. The molecule has 0 bridgehead atoms. The molecule has 5 heteroatoms. The van der Waals surface area contributed by atoms with Crippen LogP contribution in [0.15, 0.2) is 18.3 Å². The van der Waals surface area contributed by atoms with E-state index in [1.807, 2.05) is 25.3 Å². The standard InChI is InChI=1S/C12H16N4O/c1-9-4-5-11-14-12(15-16(11)7-9)13-10-3-2-6-17-8-10/h4-5,7,10H,2-3,6,8H2,1H3,(H,13,15). The summed E-state index contributed by atoms with van der Waals surface area (Å²) in [5.74, 6) is 0.686. The highest BCUT2D eigenvalue weighted by Crippen LogP contribution is 2.12. The SMILES string of the molecule is Cc1ccc2nc(NC3CCCOC3)nn2c1. The van der Waals surface area contributed by atoms with Gasteiger partial charge in [-0.1, -0.05) is 6.07 Å². The molecule has 2 aromatic heterocycles. The van der Waals surface area contributed by atoms with Crippen molar-refractivity contribution >= 4 is 11.6 Å². The number of nitrogens with zero attached hydrogens (tertiary/aromatic N) is 3. The van der Waals surface area contributed by atoms with Crippen LogP contribution in [0.3, 0.4) is 0 Å². The third kappa shape index (κ3) is 2.24. The number of nitrogens with one attached hydrogen (secondary N) is 1. The minimum absolute atomic E-state index is 0.335. The minimum atomic E-state index is 0.335. The van der Waals surface area contributed by atoms with Crippen molar-refractivity contribution in [2.75, 3.05) is 18.5 Å². The summed E-state index contributed by atoms with van der Waals surface area (Å²) in [4.78, 5) is 4.43. The van der Waals surface area contributed by atoms with Crippen molar-refractivity contribution in [3.05, 3.63) is 23.9 Å². The van der Waals surface area contributed by atoms with E-state index in [0.717, 1.165) is 31.7 Å². The van der Waals surface area contributed by atoms with E-state index >= 15 is 0 Å². The summed E-state index contributed by atoms with van der Waals surface area (Å²) in [6.45, 7) is 3.66. The fraction of sp³-hybridized carbons (Fsp3) is 0.500. The largest absolute Gasteiger partial charge is 0.379 e. The van der Waals surface area contributed by atoms with Gasteiger partial charge < -0.3 is 10.1 Å². The lowest BCUT2D eigenvalue weighted by molar-refractivity contribution is 0.0874.